The molecular formula is C26H24F3N3O3S. The van der Waals surface area contributed by atoms with Crippen molar-refractivity contribution in [1.82, 2.24) is 15.3 Å². The fraction of sp³-hybridized carbons (Fsp3) is 0.269. The fourth-order valence-corrected chi connectivity index (χ4v) is 4.87. The van der Waals surface area contributed by atoms with Crippen LogP contribution < -0.4 is 5.32 Å². The number of carbonyl (C=O) groups excluding carboxylic acids is 1. The average Bonchev–Trinajstić information content (AvgIpc) is 2.85. The van der Waals surface area contributed by atoms with Crippen LogP contribution in [0.4, 0.5) is 13.2 Å². The van der Waals surface area contributed by atoms with Crippen molar-refractivity contribution in [2.24, 2.45) is 0 Å². The number of pyridine rings is 2. The molecule has 0 spiro atoms. The van der Waals surface area contributed by atoms with Crippen LogP contribution in [0.1, 0.15) is 52.9 Å². The van der Waals surface area contributed by atoms with Gasteiger partial charge in [-0.2, -0.15) is 13.2 Å². The number of amides is 1. The Morgan fingerprint density at radius 1 is 1.11 bits per heavy atom. The van der Waals surface area contributed by atoms with E-state index in [0.29, 0.717) is 17.7 Å². The molecule has 0 radical (unpaired) electrons. The molecule has 1 atom stereocenters. The summed E-state index contributed by atoms with van der Waals surface area (Å²) in [5, 5.41) is 3.08. The normalized spacial score (nSPS) is 17.6. The molecule has 6 nitrogen and oxygen atoms in total. The zero-order valence-electron chi connectivity index (χ0n) is 19.2. The molecule has 1 N–H and O–H groups in total. The molecule has 10 heteroatoms. The van der Waals surface area contributed by atoms with Crippen molar-refractivity contribution in [2.75, 3.05) is 0 Å². The van der Waals surface area contributed by atoms with Gasteiger partial charge in [0.1, 0.15) is 0 Å². The van der Waals surface area contributed by atoms with Gasteiger partial charge in [-0.25, -0.2) is 8.42 Å². The monoisotopic (exact) mass is 515 g/mol. The second-order valence-electron chi connectivity index (χ2n) is 8.67. The van der Waals surface area contributed by atoms with E-state index >= 15 is 0 Å². The van der Waals surface area contributed by atoms with Gasteiger partial charge < -0.3 is 5.32 Å². The minimum atomic E-state index is -5.42. The first kappa shape index (κ1) is 25.6. The third-order valence-corrected chi connectivity index (χ3v) is 7.41. The summed E-state index contributed by atoms with van der Waals surface area (Å²) in [5.74, 6) is -0.141. The number of benzene rings is 1. The van der Waals surface area contributed by atoms with Gasteiger partial charge in [-0.1, -0.05) is 35.9 Å². The number of nitrogens with one attached hydrogen (secondary N) is 1. The molecule has 1 aromatic carbocycles. The van der Waals surface area contributed by atoms with Gasteiger partial charge in [0.05, 0.1) is 10.5 Å². The largest absolute Gasteiger partial charge is 0.501 e. The maximum Gasteiger partial charge on any atom is 0.501 e. The lowest BCUT2D eigenvalue weighted by atomic mass is 9.89. The van der Waals surface area contributed by atoms with Gasteiger partial charge in [-0.3, -0.25) is 14.8 Å². The zero-order valence-corrected chi connectivity index (χ0v) is 20.0. The van der Waals surface area contributed by atoms with Crippen molar-refractivity contribution in [1.29, 1.82) is 0 Å². The summed E-state index contributed by atoms with van der Waals surface area (Å²) in [7, 11) is -5.42. The molecule has 3 aromatic rings. The summed E-state index contributed by atoms with van der Waals surface area (Å²) in [6, 6.07) is 13.4. The van der Waals surface area contributed by atoms with Crippen LogP contribution in [0.15, 0.2) is 77.6 Å². The van der Waals surface area contributed by atoms with Gasteiger partial charge in [0.25, 0.3) is 15.7 Å². The van der Waals surface area contributed by atoms with E-state index in [9.17, 15) is 26.4 Å². The predicted octanol–water partition coefficient (Wildman–Crippen LogP) is 5.12. The van der Waals surface area contributed by atoms with E-state index in [-0.39, 0.29) is 11.9 Å². The Balaban J connectivity index is 1.42. The molecular weight excluding hydrogens is 491 g/mol. The molecule has 4 rings (SSSR count). The highest BCUT2D eigenvalue weighted by molar-refractivity contribution is 7.92. The summed E-state index contributed by atoms with van der Waals surface area (Å²) in [6.45, 7) is 0. The van der Waals surface area contributed by atoms with Crippen molar-refractivity contribution in [3.8, 4) is 0 Å². The minimum Gasteiger partial charge on any atom is -0.349 e. The fourth-order valence-electron chi connectivity index (χ4n) is 4.16. The Morgan fingerprint density at radius 2 is 1.94 bits per heavy atom. The molecule has 0 bridgehead atoms. The summed E-state index contributed by atoms with van der Waals surface area (Å²) in [5.41, 5.74) is -1.30. The van der Waals surface area contributed by atoms with Crippen LogP contribution in [0, 0.1) is 0 Å². The highest BCUT2D eigenvalue weighted by Gasteiger charge is 2.47. The number of alkyl halides is 3. The van der Waals surface area contributed by atoms with E-state index < -0.39 is 20.2 Å². The lowest BCUT2D eigenvalue weighted by Crippen LogP contribution is -2.36. The number of sulfone groups is 1. The molecule has 2 aromatic heterocycles. The standard InChI is InChI=1S/C26H24F3N3O3S/c27-26(28,29)36(34,35)24-10-9-22(31-17-24)14-19-5-1-4-18(12-19)13-20-6-2-8-23(15-20)32-25(33)21-7-3-11-30-16-21/h1,3-5,7,9-13,16-17,23H,2,6,8,14-15H2,(H,32,33)/b20-13+. The van der Waals surface area contributed by atoms with Gasteiger partial charge in [0, 0.05) is 36.7 Å². The van der Waals surface area contributed by atoms with Gasteiger partial charge in [-0.05, 0) is 61.1 Å². The van der Waals surface area contributed by atoms with Crippen LogP contribution in [-0.2, 0) is 16.3 Å². The number of carbonyl (C=O) groups is 1. The van der Waals surface area contributed by atoms with E-state index in [0.717, 1.165) is 49.1 Å². The number of hydrogen-bond donors (Lipinski definition) is 1. The van der Waals surface area contributed by atoms with Crippen molar-refractivity contribution >= 4 is 21.8 Å². The first-order valence-corrected chi connectivity index (χ1v) is 12.9. The lowest BCUT2D eigenvalue weighted by Gasteiger charge is -2.25. The maximum absolute atomic E-state index is 12.7. The quantitative estimate of drug-likeness (QED) is 0.493. The minimum absolute atomic E-state index is 0.0385. The smallest absolute Gasteiger partial charge is 0.349 e. The van der Waals surface area contributed by atoms with Crippen LogP contribution in [0.2, 0.25) is 0 Å². The van der Waals surface area contributed by atoms with Crippen LogP contribution in [0.25, 0.3) is 6.08 Å². The highest BCUT2D eigenvalue weighted by Crippen LogP contribution is 2.30. The van der Waals surface area contributed by atoms with Gasteiger partial charge in [0.15, 0.2) is 0 Å². The van der Waals surface area contributed by atoms with Crippen LogP contribution in [0.3, 0.4) is 0 Å². The maximum atomic E-state index is 12.7. The summed E-state index contributed by atoms with van der Waals surface area (Å²) in [4.78, 5) is 19.5. The van der Waals surface area contributed by atoms with Crippen molar-refractivity contribution < 1.29 is 26.4 Å². The average molecular weight is 516 g/mol. The number of hydrogen-bond acceptors (Lipinski definition) is 5. The first-order valence-electron chi connectivity index (χ1n) is 11.4. The van der Waals surface area contributed by atoms with Crippen molar-refractivity contribution in [3.05, 3.63) is 95.1 Å². The molecule has 1 amide bonds. The Kier molecular flexibility index (Phi) is 7.53. The molecule has 1 aliphatic carbocycles. The SMILES string of the molecule is O=C(NC1CCC/C(=C\c2cccc(Cc3ccc(S(=O)(=O)C(F)(F)F)cn3)c2)C1)c1cccnc1. The Hall–Kier alpha value is -3.53. The van der Waals surface area contributed by atoms with E-state index in [1.807, 2.05) is 24.3 Å². The Bertz CT molecular complexity index is 1360. The molecule has 1 saturated carbocycles. The van der Waals surface area contributed by atoms with Gasteiger partial charge in [-0.15, -0.1) is 0 Å². The van der Waals surface area contributed by atoms with E-state index in [1.54, 1.807) is 18.3 Å². The van der Waals surface area contributed by atoms with E-state index in [2.05, 4.69) is 21.4 Å². The Morgan fingerprint density at radius 3 is 2.64 bits per heavy atom. The van der Waals surface area contributed by atoms with Crippen LogP contribution in [0.5, 0.6) is 0 Å². The predicted molar refractivity (Wildman–Crippen MR) is 129 cm³/mol. The third kappa shape index (κ3) is 6.17. The summed E-state index contributed by atoms with van der Waals surface area (Å²) >= 11 is 0. The number of rotatable bonds is 6. The van der Waals surface area contributed by atoms with Gasteiger partial charge >= 0.3 is 5.51 Å². The molecule has 0 aliphatic heterocycles. The molecule has 2 heterocycles. The van der Waals surface area contributed by atoms with E-state index in [1.165, 1.54) is 17.8 Å². The second-order valence-corrected chi connectivity index (χ2v) is 10.6. The Labute approximate surface area is 207 Å². The zero-order chi connectivity index (χ0) is 25.8. The van der Waals surface area contributed by atoms with Crippen molar-refractivity contribution in [2.45, 2.75) is 48.5 Å². The molecule has 36 heavy (non-hydrogen) atoms. The molecule has 0 saturated heterocycles. The topological polar surface area (TPSA) is 89.0 Å². The molecule has 1 fully saturated rings. The van der Waals surface area contributed by atoms with E-state index in [4.69, 9.17) is 0 Å². The molecule has 188 valence electrons. The van der Waals surface area contributed by atoms with Gasteiger partial charge in [0.2, 0.25) is 0 Å². The van der Waals surface area contributed by atoms with Crippen LogP contribution >= 0.6 is 0 Å². The van der Waals surface area contributed by atoms with Crippen molar-refractivity contribution in [3.63, 3.8) is 0 Å². The molecule has 1 aliphatic rings. The highest BCUT2D eigenvalue weighted by atomic mass is 32.2. The number of halogens is 3. The summed E-state index contributed by atoms with van der Waals surface area (Å²) < 4.78 is 61.2. The summed E-state index contributed by atoms with van der Waals surface area (Å²) in [6.07, 6.45) is 9.87. The lowest BCUT2D eigenvalue weighted by molar-refractivity contribution is -0.0436. The first-order chi connectivity index (χ1) is 17.1. The number of nitrogens with zero attached hydrogens (tertiary/aromatic N) is 2. The van der Waals surface area contributed by atoms with Crippen LogP contribution in [-0.4, -0.2) is 35.8 Å². The number of aromatic nitrogens is 2. The third-order valence-electron chi connectivity index (χ3n) is 5.94. The second kappa shape index (κ2) is 10.6. The molecule has 1 unspecified atom stereocenters.